The van der Waals surface area contributed by atoms with Crippen molar-refractivity contribution >= 4 is 46.7 Å². The van der Waals surface area contributed by atoms with Crippen molar-refractivity contribution in [3.63, 3.8) is 0 Å². The van der Waals surface area contributed by atoms with Crippen LogP contribution in [-0.4, -0.2) is 32.4 Å². The summed E-state index contributed by atoms with van der Waals surface area (Å²) >= 11 is 16.6. The molecule has 0 rings (SSSR count). The van der Waals surface area contributed by atoms with Gasteiger partial charge in [-0.2, -0.15) is 0 Å². The summed E-state index contributed by atoms with van der Waals surface area (Å²) in [5.74, 6) is -3.02. The first-order chi connectivity index (χ1) is 6.86. The third-order valence-electron chi connectivity index (χ3n) is 1.85. The number of halogens is 3. The van der Waals surface area contributed by atoms with E-state index in [-0.39, 0.29) is 19.3 Å². The SMILES string of the molecule is O=C(O)CCCC(C(=O)O)C(Cl)C(Cl)Cl. The van der Waals surface area contributed by atoms with Crippen LogP contribution in [0, 0.1) is 5.92 Å². The third-order valence-corrected chi connectivity index (χ3v) is 3.21. The van der Waals surface area contributed by atoms with Crippen molar-refractivity contribution in [2.75, 3.05) is 0 Å². The van der Waals surface area contributed by atoms with E-state index < -0.39 is 28.1 Å². The molecular weight excluding hydrogens is 266 g/mol. The highest BCUT2D eigenvalue weighted by Crippen LogP contribution is 2.26. The molecule has 0 aliphatic rings. The van der Waals surface area contributed by atoms with Crippen molar-refractivity contribution in [3.8, 4) is 0 Å². The summed E-state index contributed by atoms with van der Waals surface area (Å²) < 4.78 is 0. The average Bonchev–Trinajstić information content (AvgIpc) is 2.10. The van der Waals surface area contributed by atoms with Gasteiger partial charge in [-0.15, -0.1) is 34.8 Å². The van der Waals surface area contributed by atoms with Crippen LogP contribution in [0.4, 0.5) is 0 Å². The molecule has 0 aromatic rings. The lowest BCUT2D eigenvalue weighted by molar-refractivity contribution is -0.143. The Morgan fingerprint density at radius 2 is 1.67 bits per heavy atom. The highest BCUT2D eigenvalue weighted by molar-refractivity contribution is 6.48. The second kappa shape index (κ2) is 7.14. The van der Waals surface area contributed by atoms with Crippen LogP contribution < -0.4 is 0 Å². The Morgan fingerprint density at radius 1 is 1.13 bits per heavy atom. The molecule has 0 amide bonds. The van der Waals surface area contributed by atoms with Crippen LogP contribution in [0.5, 0.6) is 0 Å². The molecule has 0 aromatic heterocycles. The molecule has 2 unspecified atom stereocenters. The van der Waals surface area contributed by atoms with Gasteiger partial charge in [-0.25, -0.2) is 0 Å². The first kappa shape index (κ1) is 14.8. The largest absolute Gasteiger partial charge is 0.481 e. The average molecular weight is 278 g/mol. The highest BCUT2D eigenvalue weighted by atomic mass is 35.5. The van der Waals surface area contributed by atoms with Crippen LogP contribution in [0.1, 0.15) is 19.3 Å². The fourth-order valence-electron chi connectivity index (χ4n) is 1.07. The summed E-state index contributed by atoms with van der Waals surface area (Å²) in [6.07, 6.45) is 0.282. The fraction of sp³-hybridized carbons (Fsp3) is 0.750. The number of carboxylic acid groups (broad SMARTS) is 2. The van der Waals surface area contributed by atoms with Crippen molar-refractivity contribution in [1.82, 2.24) is 0 Å². The standard InChI is InChI=1S/C8H11Cl3O4/c9-6(7(10)11)4(8(14)15)2-1-3-5(12)13/h4,6-7H,1-3H2,(H,12,13)(H,14,15). The van der Waals surface area contributed by atoms with E-state index in [4.69, 9.17) is 45.0 Å². The Labute approximate surface area is 102 Å². The van der Waals surface area contributed by atoms with Crippen LogP contribution in [0.3, 0.4) is 0 Å². The van der Waals surface area contributed by atoms with Crippen molar-refractivity contribution in [1.29, 1.82) is 0 Å². The lowest BCUT2D eigenvalue weighted by Crippen LogP contribution is -2.28. The molecule has 88 valence electrons. The fourth-order valence-corrected chi connectivity index (χ4v) is 1.65. The molecule has 0 aliphatic carbocycles. The molecule has 0 heterocycles. The lowest BCUT2D eigenvalue weighted by atomic mass is 9.99. The zero-order valence-corrected chi connectivity index (χ0v) is 9.97. The molecule has 0 saturated carbocycles. The van der Waals surface area contributed by atoms with Gasteiger partial charge < -0.3 is 10.2 Å². The molecule has 15 heavy (non-hydrogen) atoms. The molecule has 0 saturated heterocycles. The van der Waals surface area contributed by atoms with Gasteiger partial charge in [-0.1, -0.05) is 0 Å². The Balaban J connectivity index is 4.17. The first-order valence-corrected chi connectivity index (χ1v) is 5.54. The van der Waals surface area contributed by atoms with Crippen molar-refractivity contribution < 1.29 is 19.8 Å². The molecule has 0 aromatic carbocycles. The van der Waals surface area contributed by atoms with Gasteiger partial charge in [-0.3, -0.25) is 9.59 Å². The zero-order chi connectivity index (χ0) is 12.0. The Bertz CT molecular complexity index is 232. The van der Waals surface area contributed by atoms with Crippen LogP contribution >= 0.6 is 34.8 Å². The van der Waals surface area contributed by atoms with Gasteiger partial charge in [0.05, 0.1) is 11.3 Å². The predicted molar refractivity (Wildman–Crippen MR) is 57.7 cm³/mol. The smallest absolute Gasteiger partial charge is 0.308 e. The zero-order valence-electron chi connectivity index (χ0n) is 7.70. The summed E-state index contributed by atoms with van der Waals surface area (Å²) in [6.45, 7) is 0. The maximum Gasteiger partial charge on any atom is 0.308 e. The Hall–Kier alpha value is -0.190. The number of alkyl halides is 3. The maximum absolute atomic E-state index is 10.8. The van der Waals surface area contributed by atoms with E-state index >= 15 is 0 Å². The topological polar surface area (TPSA) is 74.6 Å². The second-order valence-electron chi connectivity index (χ2n) is 3.01. The van der Waals surface area contributed by atoms with Gasteiger partial charge in [0.15, 0.2) is 0 Å². The minimum absolute atomic E-state index is 0.0946. The molecule has 7 heteroatoms. The van der Waals surface area contributed by atoms with E-state index in [0.29, 0.717) is 0 Å². The molecule has 2 N–H and O–H groups in total. The third kappa shape index (κ3) is 6.07. The van der Waals surface area contributed by atoms with E-state index in [1.807, 2.05) is 0 Å². The number of carbonyl (C=O) groups is 2. The maximum atomic E-state index is 10.8. The number of carboxylic acids is 2. The summed E-state index contributed by atoms with van der Waals surface area (Å²) in [6, 6.07) is 0. The van der Waals surface area contributed by atoms with Gasteiger partial charge in [-0.05, 0) is 12.8 Å². The minimum atomic E-state index is -1.12. The minimum Gasteiger partial charge on any atom is -0.481 e. The second-order valence-corrected chi connectivity index (χ2v) is 4.68. The van der Waals surface area contributed by atoms with E-state index in [2.05, 4.69) is 0 Å². The van der Waals surface area contributed by atoms with E-state index in [9.17, 15) is 9.59 Å². The molecule has 2 atom stereocenters. The number of hydrogen-bond acceptors (Lipinski definition) is 2. The summed E-state index contributed by atoms with van der Waals surface area (Å²) in [5, 5.41) is 16.3. The van der Waals surface area contributed by atoms with Crippen LogP contribution in [-0.2, 0) is 9.59 Å². The van der Waals surface area contributed by atoms with E-state index in [1.54, 1.807) is 0 Å². The van der Waals surface area contributed by atoms with Crippen LogP contribution in [0.25, 0.3) is 0 Å². The molecule has 0 aliphatic heterocycles. The van der Waals surface area contributed by atoms with Crippen molar-refractivity contribution in [2.24, 2.45) is 5.92 Å². The molecular formula is C8H11Cl3O4. The highest BCUT2D eigenvalue weighted by Gasteiger charge is 2.30. The van der Waals surface area contributed by atoms with E-state index in [1.165, 1.54) is 0 Å². The number of aliphatic carboxylic acids is 2. The normalized spacial score (nSPS) is 14.9. The van der Waals surface area contributed by atoms with Crippen molar-refractivity contribution in [2.45, 2.75) is 29.5 Å². The van der Waals surface area contributed by atoms with Crippen molar-refractivity contribution in [3.05, 3.63) is 0 Å². The molecule has 4 nitrogen and oxygen atoms in total. The summed E-state index contributed by atoms with van der Waals surface area (Å²) in [4.78, 5) is 20.0. The Morgan fingerprint density at radius 3 is 2.00 bits per heavy atom. The molecule has 0 radical (unpaired) electrons. The number of rotatable bonds is 7. The number of hydrogen-bond donors (Lipinski definition) is 2. The van der Waals surface area contributed by atoms with E-state index in [0.717, 1.165) is 0 Å². The quantitative estimate of drug-likeness (QED) is 0.701. The molecule has 0 bridgehead atoms. The van der Waals surface area contributed by atoms with Crippen LogP contribution in [0.15, 0.2) is 0 Å². The monoisotopic (exact) mass is 276 g/mol. The summed E-state index contributed by atoms with van der Waals surface area (Å²) in [5.41, 5.74) is 0. The van der Waals surface area contributed by atoms with Gasteiger partial charge >= 0.3 is 11.9 Å². The van der Waals surface area contributed by atoms with Gasteiger partial charge in [0.2, 0.25) is 0 Å². The van der Waals surface area contributed by atoms with Gasteiger partial charge in [0.1, 0.15) is 4.84 Å². The predicted octanol–water partition coefficient (Wildman–Crippen LogP) is 2.35. The lowest BCUT2D eigenvalue weighted by Gasteiger charge is -2.18. The Kier molecular flexibility index (Phi) is 7.05. The molecule has 0 fully saturated rings. The van der Waals surface area contributed by atoms with Gasteiger partial charge in [0, 0.05) is 6.42 Å². The summed E-state index contributed by atoms with van der Waals surface area (Å²) in [7, 11) is 0. The van der Waals surface area contributed by atoms with Crippen LogP contribution in [0.2, 0.25) is 0 Å². The van der Waals surface area contributed by atoms with Gasteiger partial charge in [0.25, 0.3) is 0 Å². The molecule has 0 spiro atoms. The first-order valence-electron chi connectivity index (χ1n) is 4.23.